The van der Waals surface area contributed by atoms with Crippen molar-refractivity contribution in [2.75, 3.05) is 16.4 Å². The molecule has 1 heterocycles. The average Bonchev–Trinajstić information content (AvgIpc) is 3.15. The van der Waals surface area contributed by atoms with Crippen LogP contribution in [0.5, 0.6) is 0 Å². The van der Waals surface area contributed by atoms with Gasteiger partial charge in [-0.15, -0.1) is 10.2 Å². The summed E-state index contributed by atoms with van der Waals surface area (Å²) in [4.78, 5) is 24.4. The van der Waals surface area contributed by atoms with Crippen LogP contribution in [-0.4, -0.2) is 32.3 Å². The lowest BCUT2D eigenvalue weighted by molar-refractivity contribution is -0.116. The Bertz CT molecular complexity index is 987. The Morgan fingerprint density at radius 3 is 2.30 bits per heavy atom. The molecule has 7 nitrogen and oxygen atoms in total. The van der Waals surface area contributed by atoms with Gasteiger partial charge >= 0.3 is 0 Å². The number of rotatable bonds is 9. The summed E-state index contributed by atoms with van der Waals surface area (Å²) in [7, 11) is 0. The zero-order valence-electron chi connectivity index (χ0n) is 17.1. The van der Waals surface area contributed by atoms with Gasteiger partial charge in [0.15, 0.2) is 5.16 Å². The van der Waals surface area contributed by atoms with Crippen LogP contribution in [0.2, 0.25) is 0 Å². The molecule has 0 saturated heterocycles. The van der Waals surface area contributed by atoms with Crippen LogP contribution in [0.4, 0.5) is 11.4 Å². The summed E-state index contributed by atoms with van der Waals surface area (Å²) in [5, 5.41) is 14.8. The van der Waals surface area contributed by atoms with Crippen LogP contribution in [-0.2, 0) is 22.6 Å². The Kier molecular flexibility index (Phi) is 7.62. The normalized spacial score (nSPS) is 10.6. The predicted molar refractivity (Wildman–Crippen MR) is 120 cm³/mol. The molecule has 0 radical (unpaired) electrons. The van der Waals surface area contributed by atoms with E-state index in [1.165, 1.54) is 11.8 Å². The molecule has 0 aliphatic rings. The summed E-state index contributed by atoms with van der Waals surface area (Å²) in [5.74, 6) is 0.805. The van der Waals surface area contributed by atoms with Crippen molar-refractivity contribution < 1.29 is 9.59 Å². The summed E-state index contributed by atoms with van der Waals surface area (Å²) < 4.78 is 1.94. The minimum atomic E-state index is -0.0988. The molecule has 0 spiro atoms. The van der Waals surface area contributed by atoms with Crippen molar-refractivity contribution in [1.82, 2.24) is 14.8 Å². The molecule has 2 aromatic carbocycles. The topological polar surface area (TPSA) is 88.9 Å². The molecule has 0 fully saturated rings. The molecule has 156 valence electrons. The summed E-state index contributed by atoms with van der Waals surface area (Å²) in [6, 6.07) is 17.0. The number of anilines is 2. The number of carbonyl (C=O) groups excluding carboxylic acids is 2. The van der Waals surface area contributed by atoms with Crippen LogP contribution >= 0.6 is 11.8 Å². The molecule has 0 atom stereocenters. The second kappa shape index (κ2) is 10.6. The molecule has 30 heavy (non-hydrogen) atoms. The number of benzene rings is 2. The Balaban J connectivity index is 1.51. The van der Waals surface area contributed by atoms with Crippen LogP contribution in [0.3, 0.4) is 0 Å². The molecule has 0 bridgehead atoms. The first-order valence-electron chi connectivity index (χ1n) is 9.81. The maximum Gasteiger partial charge on any atom is 0.234 e. The Morgan fingerprint density at radius 1 is 0.933 bits per heavy atom. The van der Waals surface area contributed by atoms with Gasteiger partial charge in [-0.1, -0.05) is 47.7 Å². The number of carbonyl (C=O) groups is 2. The van der Waals surface area contributed by atoms with Gasteiger partial charge in [0.2, 0.25) is 11.8 Å². The maximum atomic E-state index is 12.2. The van der Waals surface area contributed by atoms with Crippen LogP contribution in [0, 0.1) is 6.92 Å². The molecule has 2 amide bonds. The summed E-state index contributed by atoms with van der Waals surface area (Å²) in [6.45, 7) is 4.67. The Hall–Kier alpha value is -3.13. The number of nitrogens with one attached hydrogen (secondary N) is 2. The van der Waals surface area contributed by atoms with E-state index in [2.05, 4.69) is 20.8 Å². The van der Waals surface area contributed by atoms with Gasteiger partial charge in [0, 0.05) is 30.8 Å². The first-order chi connectivity index (χ1) is 14.5. The van der Waals surface area contributed by atoms with Gasteiger partial charge < -0.3 is 15.2 Å². The van der Waals surface area contributed by atoms with E-state index in [1.807, 2.05) is 73.0 Å². The fourth-order valence-electron chi connectivity index (χ4n) is 2.86. The van der Waals surface area contributed by atoms with E-state index < -0.39 is 0 Å². The number of hydrogen-bond donors (Lipinski definition) is 2. The maximum absolute atomic E-state index is 12.2. The minimum absolute atomic E-state index is 0.0708. The van der Waals surface area contributed by atoms with Gasteiger partial charge in [-0.2, -0.15) is 0 Å². The molecular formula is C22H25N5O2S. The first-order valence-corrected chi connectivity index (χ1v) is 10.8. The minimum Gasteiger partial charge on any atom is -0.326 e. The van der Waals surface area contributed by atoms with Crippen LogP contribution in [0.25, 0.3) is 0 Å². The van der Waals surface area contributed by atoms with Crippen molar-refractivity contribution in [2.24, 2.45) is 0 Å². The van der Waals surface area contributed by atoms with Gasteiger partial charge in [-0.05, 0) is 38.1 Å². The van der Waals surface area contributed by atoms with Gasteiger partial charge in [0.25, 0.3) is 0 Å². The summed E-state index contributed by atoms with van der Waals surface area (Å²) >= 11 is 1.34. The van der Waals surface area contributed by atoms with E-state index in [0.29, 0.717) is 24.5 Å². The van der Waals surface area contributed by atoms with E-state index in [0.717, 1.165) is 22.8 Å². The van der Waals surface area contributed by atoms with Crippen LogP contribution in [0.1, 0.15) is 24.7 Å². The fraction of sp³-hybridized carbons (Fsp3) is 0.273. The van der Waals surface area contributed by atoms with Crippen molar-refractivity contribution >= 4 is 35.0 Å². The molecule has 0 unspecified atom stereocenters. The SMILES string of the molecule is CCn1c(CCC(=O)Nc2ccccc2)nnc1SCC(=O)Nc1ccc(C)cc1. The third-order valence-electron chi connectivity index (χ3n) is 4.41. The van der Waals surface area contributed by atoms with Crippen molar-refractivity contribution in [1.29, 1.82) is 0 Å². The zero-order valence-corrected chi connectivity index (χ0v) is 17.9. The summed E-state index contributed by atoms with van der Waals surface area (Å²) in [5.41, 5.74) is 2.69. The molecular weight excluding hydrogens is 398 g/mol. The van der Waals surface area contributed by atoms with Crippen LogP contribution in [0.15, 0.2) is 59.8 Å². The highest BCUT2D eigenvalue weighted by Crippen LogP contribution is 2.19. The van der Waals surface area contributed by atoms with E-state index in [1.54, 1.807) is 0 Å². The molecule has 1 aromatic heterocycles. The highest BCUT2D eigenvalue weighted by Gasteiger charge is 2.14. The second-order valence-corrected chi connectivity index (χ2v) is 7.70. The lowest BCUT2D eigenvalue weighted by atomic mass is 10.2. The number of aromatic nitrogens is 3. The van der Waals surface area contributed by atoms with E-state index in [9.17, 15) is 9.59 Å². The predicted octanol–water partition coefficient (Wildman–Crippen LogP) is 3.91. The second-order valence-electron chi connectivity index (χ2n) is 6.76. The van der Waals surface area contributed by atoms with E-state index in [-0.39, 0.29) is 17.6 Å². The molecule has 0 saturated carbocycles. The van der Waals surface area contributed by atoms with Crippen molar-refractivity contribution in [3.8, 4) is 0 Å². The zero-order chi connectivity index (χ0) is 21.3. The van der Waals surface area contributed by atoms with Gasteiger partial charge in [0.05, 0.1) is 5.75 Å². The van der Waals surface area contributed by atoms with Crippen molar-refractivity contribution in [2.45, 2.75) is 38.4 Å². The highest BCUT2D eigenvalue weighted by molar-refractivity contribution is 7.99. The number of para-hydroxylation sites is 1. The third-order valence-corrected chi connectivity index (χ3v) is 5.38. The molecule has 0 aliphatic heterocycles. The summed E-state index contributed by atoms with van der Waals surface area (Å²) in [6.07, 6.45) is 0.793. The number of hydrogen-bond acceptors (Lipinski definition) is 5. The number of amides is 2. The number of thioether (sulfide) groups is 1. The monoisotopic (exact) mass is 423 g/mol. The quantitative estimate of drug-likeness (QED) is 0.510. The Morgan fingerprint density at radius 2 is 1.60 bits per heavy atom. The van der Waals surface area contributed by atoms with Gasteiger partial charge in [0.1, 0.15) is 5.82 Å². The fourth-order valence-corrected chi connectivity index (χ4v) is 3.68. The molecule has 3 aromatic rings. The first kappa shape index (κ1) is 21.6. The Labute approximate surface area is 180 Å². The standard InChI is InChI=1S/C22H25N5O2S/c1-3-27-19(13-14-20(28)23-17-7-5-4-6-8-17)25-26-22(27)30-15-21(29)24-18-11-9-16(2)10-12-18/h4-12H,3,13-15H2,1-2H3,(H,23,28)(H,24,29). The molecule has 0 aliphatic carbocycles. The van der Waals surface area contributed by atoms with Gasteiger partial charge in [-0.3, -0.25) is 9.59 Å². The van der Waals surface area contributed by atoms with E-state index >= 15 is 0 Å². The van der Waals surface area contributed by atoms with Crippen LogP contribution < -0.4 is 10.6 Å². The third kappa shape index (κ3) is 6.18. The smallest absolute Gasteiger partial charge is 0.234 e. The lowest BCUT2D eigenvalue weighted by Crippen LogP contribution is -2.15. The molecule has 3 rings (SSSR count). The van der Waals surface area contributed by atoms with Crippen molar-refractivity contribution in [3.63, 3.8) is 0 Å². The lowest BCUT2D eigenvalue weighted by Gasteiger charge is -2.08. The number of aryl methyl sites for hydroxylation is 2. The molecule has 8 heteroatoms. The highest BCUT2D eigenvalue weighted by atomic mass is 32.2. The molecule has 2 N–H and O–H groups in total. The van der Waals surface area contributed by atoms with E-state index in [4.69, 9.17) is 0 Å². The number of nitrogens with zero attached hydrogens (tertiary/aromatic N) is 3. The van der Waals surface area contributed by atoms with Gasteiger partial charge in [-0.25, -0.2) is 0 Å². The van der Waals surface area contributed by atoms with Crippen molar-refractivity contribution in [3.05, 3.63) is 66.0 Å². The largest absolute Gasteiger partial charge is 0.326 e. The average molecular weight is 424 g/mol.